The van der Waals surface area contributed by atoms with E-state index in [9.17, 15) is 5.26 Å². The Morgan fingerprint density at radius 2 is 1.74 bits per heavy atom. The minimum Gasteiger partial charge on any atom is -0.231 e. The first-order valence-corrected chi connectivity index (χ1v) is 7.21. The summed E-state index contributed by atoms with van der Waals surface area (Å²) in [6.07, 6.45) is 7.29. The van der Waals surface area contributed by atoms with Crippen molar-refractivity contribution in [1.29, 1.82) is 5.26 Å². The minimum atomic E-state index is -0.594. The third-order valence-corrected chi connectivity index (χ3v) is 3.68. The maximum atomic E-state index is 9.41. The fraction of sp³-hybridized carbons (Fsp3) is 0.474. The van der Waals surface area contributed by atoms with Crippen molar-refractivity contribution in [1.82, 2.24) is 5.12 Å². The van der Waals surface area contributed by atoms with Crippen molar-refractivity contribution in [3.05, 3.63) is 34.9 Å². The van der Waals surface area contributed by atoms with Gasteiger partial charge in [0.05, 0.1) is 23.4 Å². The van der Waals surface area contributed by atoms with E-state index in [0.717, 1.165) is 16.7 Å². The molecule has 1 aromatic rings. The molecule has 4 nitrogen and oxygen atoms in total. The molecule has 0 fully saturated rings. The Labute approximate surface area is 141 Å². The summed E-state index contributed by atoms with van der Waals surface area (Å²) < 4.78 is 0. The van der Waals surface area contributed by atoms with E-state index < -0.39 is 10.8 Å². The summed E-state index contributed by atoms with van der Waals surface area (Å²) >= 11 is 0. The van der Waals surface area contributed by atoms with Gasteiger partial charge in [-0.15, -0.1) is 6.42 Å². The Morgan fingerprint density at radius 1 is 1.22 bits per heavy atom. The molecule has 0 unspecified atom stereocenters. The Balaban J connectivity index is 0.00000484. The number of hydrazone groups is 1. The highest BCUT2D eigenvalue weighted by molar-refractivity contribution is 5.52. The molecule has 1 rings (SSSR count). The summed E-state index contributed by atoms with van der Waals surface area (Å²) in [5, 5.41) is 14.8. The summed E-state index contributed by atoms with van der Waals surface area (Å²) in [6, 6.07) is 8.36. The maximum Gasteiger partial charge on any atom is 0.0780 e. The summed E-state index contributed by atoms with van der Waals surface area (Å²) in [6.45, 7) is 10.0. The van der Waals surface area contributed by atoms with Crippen LogP contribution in [0.5, 0.6) is 0 Å². The van der Waals surface area contributed by atoms with Crippen LogP contribution >= 0.6 is 0 Å². The number of rotatable bonds is 5. The summed E-state index contributed by atoms with van der Waals surface area (Å²) in [5.74, 6) is 8.63. The third-order valence-electron chi connectivity index (χ3n) is 3.68. The molecule has 4 heteroatoms. The molecule has 0 atom stereocenters. The van der Waals surface area contributed by atoms with E-state index in [1.165, 1.54) is 5.12 Å². The smallest absolute Gasteiger partial charge is 0.0780 e. The van der Waals surface area contributed by atoms with Gasteiger partial charge in [-0.3, -0.25) is 0 Å². The summed E-state index contributed by atoms with van der Waals surface area (Å²) in [7, 11) is 0. The highest BCUT2D eigenvalue weighted by atomic mass is 15.6. The lowest BCUT2D eigenvalue weighted by atomic mass is 9.79. The molecule has 2 N–H and O–H groups in total. The number of nitrogens with zero attached hydrogens (tertiary/aromatic N) is 3. The predicted octanol–water partition coefficient (Wildman–Crippen LogP) is 3.72. The molecule has 0 bridgehead atoms. The molecule has 124 valence electrons. The molecule has 0 aromatic heterocycles. The Morgan fingerprint density at radius 3 is 2.17 bits per heavy atom. The van der Waals surface area contributed by atoms with Crippen molar-refractivity contribution in [2.45, 2.75) is 59.4 Å². The molecule has 0 spiro atoms. The Kier molecular flexibility index (Phi) is 7.03. The van der Waals surface area contributed by atoms with Crippen molar-refractivity contribution in [3.63, 3.8) is 0 Å². The summed E-state index contributed by atoms with van der Waals surface area (Å²) in [4.78, 5) is 0. The van der Waals surface area contributed by atoms with Crippen LogP contribution in [0.25, 0.3) is 0 Å². The SMILES string of the molecule is C.C#CC(C)(C)c1cc(CN(N)/N=C\C)cc(C(C)(C)C#N)c1. The fourth-order valence-electron chi connectivity index (χ4n) is 2.03. The van der Waals surface area contributed by atoms with Gasteiger partial charge in [-0.2, -0.15) is 10.4 Å². The predicted molar refractivity (Wildman–Crippen MR) is 97.6 cm³/mol. The van der Waals surface area contributed by atoms with Gasteiger partial charge in [-0.1, -0.05) is 31.5 Å². The third kappa shape index (κ3) is 5.13. The molecule has 0 saturated heterocycles. The molecule has 0 saturated carbocycles. The zero-order valence-corrected chi connectivity index (χ0v) is 14.0. The van der Waals surface area contributed by atoms with E-state index in [0.29, 0.717) is 6.54 Å². The van der Waals surface area contributed by atoms with Gasteiger partial charge in [-0.05, 0) is 51.3 Å². The second-order valence-corrected chi connectivity index (χ2v) is 6.40. The average molecular weight is 312 g/mol. The van der Waals surface area contributed by atoms with Crippen LogP contribution in [-0.2, 0) is 17.4 Å². The van der Waals surface area contributed by atoms with Crippen molar-refractivity contribution in [2.24, 2.45) is 10.9 Å². The monoisotopic (exact) mass is 312 g/mol. The van der Waals surface area contributed by atoms with Crippen LogP contribution in [0.2, 0.25) is 0 Å². The van der Waals surface area contributed by atoms with Crippen LogP contribution in [0, 0.1) is 23.7 Å². The van der Waals surface area contributed by atoms with Crippen molar-refractivity contribution in [2.75, 3.05) is 0 Å². The standard InChI is InChI=1S/C18H24N4.CH4/c1-7-17(3,4)15-9-14(12-22(20)21-8-2)10-16(11-15)18(5,6)13-19;/h1,8-11H,12,20H2,2-6H3;1H4/b21-8-;. The van der Waals surface area contributed by atoms with Gasteiger partial charge in [-0.25, -0.2) is 11.0 Å². The van der Waals surface area contributed by atoms with Gasteiger partial charge in [0.15, 0.2) is 0 Å². The maximum absolute atomic E-state index is 9.41. The number of terminal acetylenes is 1. The summed E-state index contributed by atoms with van der Waals surface area (Å²) in [5.41, 5.74) is 1.90. The van der Waals surface area contributed by atoms with Crippen LogP contribution in [-0.4, -0.2) is 11.3 Å². The molecule has 23 heavy (non-hydrogen) atoms. The average Bonchev–Trinajstić information content (AvgIpc) is 2.47. The molecule has 0 aliphatic heterocycles. The zero-order valence-electron chi connectivity index (χ0n) is 14.0. The van der Waals surface area contributed by atoms with Gasteiger partial charge in [0.25, 0.3) is 0 Å². The topological polar surface area (TPSA) is 65.4 Å². The van der Waals surface area contributed by atoms with E-state index >= 15 is 0 Å². The fourth-order valence-corrected chi connectivity index (χ4v) is 2.03. The number of benzene rings is 1. The molecular weight excluding hydrogens is 284 g/mol. The van der Waals surface area contributed by atoms with E-state index in [-0.39, 0.29) is 7.43 Å². The van der Waals surface area contributed by atoms with Crippen molar-refractivity contribution in [3.8, 4) is 18.4 Å². The van der Waals surface area contributed by atoms with Crippen LogP contribution in [0.4, 0.5) is 0 Å². The lowest BCUT2D eigenvalue weighted by Crippen LogP contribution is -2.26. The highest BCUT2D eigenvalue weighted by Crippen LogP contribution is 2.30. The molecule has 0 heterocycles. The van der Waals surface area contributed by atoms with Gasteiger partial charge in [0.1, 0.15) is 0 Å². The van der Waals surface area contributed by atoms with Gasteiger partial charge >= 0.3 is 0 Å². The number of nitriles is 1. The zero-order chi connectivity index (χ0) is 17.0. The molecule has 0 radical (unpaired) electrons. The van der Waals surface area contributed by atoms with E-state index in [1.54, 1.807) is 6.21 Å². The number of hydrogen-bond acceptors (Lipinski definition) is 4. The first-order chi connectivity index (χ1) is 10.2. The molecule has 0 amide bonds. The Bertz CT molecular complexity index is 598. The van der Waals surface area contributed by atoms with Gasteiger partial charge in [0.2, 0.25) is 0 Å². The van der Waals surface area contributed by atoms with E-state index in [2.05, 4.69) is 17.1 Å². The lowest BCUT2D eigenvalue weighted by Gasteiger charge is -2.25. The number of hydrogen-bond donors (Lipinski definition) is 1. The molecule has 0 aliphatic rings. The van der Waals surface area contributed by atoms with Crippen molar-refractivity contribution >= 4 is 6.21 Å². The van der Waals surface area contributed by atoms with Crippen LogP contribution in [0.3, 0.4) is 0 Å². The van der Waals surface area contributed by atoms with Crippen LogP contribution in [0.1, 0.15) is 58.7 Å². The second-order valence-electron chi connectivity index (χ2n) is 6.40. The lowest BCUT2D eigenvalue weighted by molar-refractivity contribution is 0.291. The second kappa shape index (κ2) is 7.81. The molecule has 1 aromatic carbocycles. The first kappa shape index (κ1) is 20.7. The normalized spacial score (nSPS) is 11.5. The number of hydrazine groups is 1. The number of nitrogens with two attached hydrogens (primary N) is 1. The quantitative estimate of drug-likeness (QED) is 0.390. The molecular formula is C19H28N4. The highest BCUT2D eigenvalue weighted by Gasteiger charge is 2.25. The first-order valence-electron chi connectivity index (χ1n) is 7.21. The van der Waals surface area contributed by atoms with E-state index in [4.69, 9.17) is 12.3 Å². The van der Waals surface area contributed by atoms with Crippen LogP contribution in [0.15, 0.2) is 23.3 Å². The van der Waals surface area contributed by atoms with Crippen molar-refractivity contribution < 1.29 is 0 Å². The van der Waals surface area contributed by atoms with Gasteiger partial charge in [0, 0.05) is 6.21 Å². The Hall–Kier alpha value is -2.30. The molecule has 0 aliphatic carbocycles. The minimum absolute atomic E-state index is 0. The van der Waals surface area contributed by atoms with Gasteiger partial charge < -0.3 is 0 Å². The van der Waals surface area contributed by atoms with Crippen LogP contribution < -0.4 is 5.84 Å². The largest absolute Gasteiger partial charge is 0.231 e. The van der Waals surface area contributed by atoms with E-state index in [1.807, 2.05) is 52.8 Å².